The SMILES string of the molecule is CCC(C)=CC(=CC=C(C)C(=O)N(C)C)c1c(C)c(Cl)cc(C(C)n2nc(C)c3c(N)ncnc32)c1OC. The highest BCUT2D eigenvalue weighted by molar-refractivity contribution is 6.31. The Morgan fingerprint density at radius 3 is 2.53 bits per heavy atom. The van der Waals surface area contributed by atoms with Gasteiger partial charge in [0.1, 0.15) is 17.9 Å². The van der Waals surface area contributed by atoms with E-state index in [1.165, 1.54) is 11.9 Å². The number of allylic oxidation sites excluding steroid dienone is 5. The number of likely N-dealkylation sites (N-methyl/N-ethyl adjacent to an activating group) is 1. The summed E-state index contributed by atoms with van der Waals surface area (Å²) in [5.41, 5.74) is 12.8. The molecule has 0 aliphatic carbocycles. The van der Waals surface area contributed by atoms with E-state index in [0.29, 0.717) is 27.8 Å². The van der Waals surface area contributed by atoms with E-state index in [9.17, 15) is 4.79 Å². The van der Waals surface area contributed by atoms with Gasteiger partial charge in [-0.1, -0.05) is 42.3 Å². The zero-order valence-corrected chi connectivity index (χ0v) is 24.4. The van der Waals surface area contributed by atoms with Crippen molar-refractivity contribution < 1.29 is 9.53 Å². The molecular formula is C29H37ClN6O2. The van der Waals surface area contributed by atoms with Gasteiger partial charge in [0.25, 0.3) is 0 Å². The van der Waals surface area contributed by atoms with Crippen LogP contribution in [0, 0.1) is 13.8 Å². The van der Waals surface area contributed by atoms with Crippen LogP contribution in [0.1, 0.15) is 62.5 Å². The quantitative estimate of drug-likeness (QED) is 0.277. The molecule has 0 saturated heterocycles. The fraction of sp³-hybridized carbons (Fsp3) is 0.379. The molecule has 2 aromatic heterocycles. The minimum atomic E-state index is -0.280. The number of ether oxygens (including phenoxy) is 1. The Hall–Kier alpha value is -3.65. The van der Waals surface area contributed by atoms with Gasteiger partial charge in [0.05, 0.1) is 24.2 Å². The van der Waals surface area contributed by atoms with Gasteiger partial charge in [0, 0.05) is 35.8 Å². The first kappa shape index (κ1) is 28.9. The maximum Gasteiger partial charge on any atom is 0.248 e. The van der Waals surface area contributed by atoms with Gasteiger partial charge < -0.3 is 15.4 Å². The lowest BCUT2D eigenvalue weighted by atomic mass is 9.92. The van der Waals surface area contributed by atoms with E-state index in [4.69, 9.17) is 27.2 Å². The molecule has 0 saturated carbocycles. The van der Waals surface area contributed by atoms with E-state index in [0.717, 1.165) is 39.8 Å². The average molecular weight is 537 g/mol. The zero-order chi connectivity index (χ0) is 28.3. The molecule has 0 radical (unpaired) electrons. The summed E-state index contributed by atoms with van der Waals surface area (Å²) in [6.07, 6.45) is 8.22. The largest absolute Gasteiger partial charge is 0.496 e. The highest BCUT2D eigenvalue weighted by atomic mass is 35.5. The number of rotatable bonds is 8. The highest BCUT2D eigenvalue weighted by Gasteiger charge is 2.25. The molecule has 0 aliphatic heterocycles. The molecule has 1 atom stereocenters. The molecular weight excluding hydrogens is 500 g/mol. The number of aromatic nitrogens is 4. The van der Waals surface area contributed by atoms with E-state index in [2.05, 4.69) is 29.9 Å². The second-order valence-corrected chi connectivity index (χ2v) is 10.1. The van der Waals surface area contributed by atoms with Crippen LogP contribution >= 0.6 is 11.6 Å². The van der Waals surface area contributed by atoms with E-state index >= 15 is 0 Å². The van der Waals surface area contributed by atoms with E-state index in [-0.39, 0.29) is 11.9 Å². The van der Waals surface area contributed by atoms with Crippen molar-refractivity contribution in [3.05, 3.63) is 69.2 Å². The number of halogens is 1. The third kappa shape index (κ3) is 5.60. The van der Waals surface area contributed by atoms with Gasteiger partial charge in [0.15, 0.2) is 5.65 Å². The van der Waals surface area contributed by atoms with Gasteiger partial charge in [-0.2, -0.15) is 5.10 Å². The number of anilines is 1. The summed E-state index contributed by atoms with van der Waals surface area (Å²) in [7, 11) is 5.13. The number of nitrogen functional groups attached to an aromatic ring is 1. The Morgan fingerprint density at radius 1 is 1.24 bits per heavy atom. The maximum atomic E-state index is 12.5. The van der Waals surface area contributed by atoms with Crippen molar-refractivity contribution in [2.45, 2.75) is 54.0 Å². The smallest absolute Gasteiger partial charge is 0.248 e. The van der Waals surface area contributed by atoms with E-state index in [1.807, 2.05) is 43.7 Å². The summed E-state index contributed by atoms with van der Waals surface area (Å²) in [5.74, 6) is 1.02. The molecule has 1 amide bonds. The van der Waals surface area contributed by atoms with Crippen molar-refractivity contribution in [2.24, 2.45) is 0 Å². The van der Waals surface area contributed by atoms with Gasteiger partial charge in [-0.15, -0.1) is 0 Å². The van der Waals surface area contributed by atoms with Crippen LogP contribution in [0.4, 0.5) is 5.82 Å². The standard InChI is InChI=1S/C29H37ClN6O2/c1-10-16(2)13-21(12-11-17(3)29(37)35(7)8)24-18(4)23(30)14-22(26(24)38-9)20(6)36-28-25(19(5)34-36)27(31)32-15-33-28/h11-15,20H,10H2,1-9H3,(H2,31,32,33). The van der Waals surface area contributed by atoms with Crippen LogP contribution in [-0.4, -0.2) is 51.8 Å². The molecule has 2 heterocycles. The lowest BCUT2D eigenvalue weighted by Gasteiger charge is -2.23. The van der Waals surface area contributed by atoms with Crippen molar-refractivity contribution in [1.82, 2.24) is 24.6 Å². The van der Waals surface area contributed by atoms with Crippen LogP contribution in [0.5, 0.6) is 5.75 Å². The molecule has 3 rings (SSSR count). The number of nitrogens with two attached hydrogens (primary N) is 1. The number of carbonyl (C=O) groups is 1. The Labute approximate surface area is 229 Å². The van der Waals surface area contributed by atoms with Crippen molar-refractivity contribution >= 4 is 39.9 Å². The summed E-state index contributed by atoms with van der Waals surface area (Å²) in [4.78, 5) is 22.6. The molecule has 3 aromatic rings. The lowest BCUT2D eigenvalue weighted by Crippen LogP contribution is -2.22. The van der Waals surface area contributed by atoms with Crippen molar-refractivity contribution in [2.75, 3.05) is 26.9 Å². The van der Waals surface area contributed by atoms with Gasteiger partial charge in [0.2, 0.25) is 5.91 Å². The molecule has 2 N–H and O–H groups in total. The second-order valence-electron chi connectivity index (χ2n) is 9.66. The molecule has 0 bridgehead atoms. The van der Waals surface area contributed by atoms with Crippen LogP contribution in [-0.2, 0) is 4.79 Å². The summed E-state index contributed by atoms with van der Waals surface area (Å²) in [6, 6.07) is 1.64. The van der Waals surface area contributed by atoms with Gasteiger partial charge in [-0.3, -0.25) is 4.79 Å². The summed E-state index contributed by atoms with van der Waals surface area (Å²) < 4.78 is 7.89. The molecule has 0 fully saturated rings. The Morgan fingerprint density at radius 2 is 1.92 bits per heavy atom. The molecule has 38 heavy (non-hydrogen) atoms. The molecule has 1 aromatic carbocycles. The van der Waals surface area contributed by atoms with E-state index in [1.54, 1.807) is 33.0 Å². The van der Waals surface area contributed by atoms with Crippen LogP contribution in [0.3, 0.4) is 0 Å². The number of carbonyl (C=O) groups excluding carboxylic acids is 1. The zero-order valence-electron chi connectivity index (χ0n) is 23.7. The Bertz CT molecular complexity index is 1470. The highest BCUT2D eigenvalue weighted by Crippen LogP contribution is 2.42. The molecule has 9 heteroatoms. The van der Waals surface area contributed by atoms with Crippen LogP contribution in [0.2, 0.25) is 5.02 Å². The topological polar surface area (TPSA) is 99.2 Å². The van der Waals surface area contributed by atoms with Gasteiger partial charge in [-0.25, -0.2) is 14.6 Å². The Kier molecular flexibility index (Phi) is 8.99. The van der Waals surface area contributed by atoms with Crippen LogP contribution in [0.25, 0.3) is 16.6 Å². The first-order chi connectivity index (χ1) is 17.9. The molecule has 8 nitrogen and oxygen atoms in total. The lowest BCUT2D eigenvalue weighted by molar-refractivity contribution is -0.124. The first-order valence-corrected chi connectivity index (χ1v) is 12.9. The second kappa shape index (κ2) is 11.8. The minimum absolute atomic E-state index is 0.0527. The number of nitrogens with zero attached hydrogens (tertiary/aromatic N) is 5. The van der Waals surface area contributed by atoms with Crippen molar-refractivity contribution in [3.63, 3.8) is 0 Å². The van der Waals surface area contributed by atoms with Gasteiger partial charge in [-0.05, 0) is 58.2 Å². The monoisotopic (exact) mass is 536 g/mol. The summed E-state index contributed by atoms with van der Waals surface area (Å²) in [6.45, 7) is 11.9. The van der Waals surface area contributed by atoms with Crippen molar-refractivity contribution in [1.29, 1.82) is 0 Å². The minimum Gasteiger partial charge on any atom is -0.496 e. The number of hydrogen-bond acceptors (Lipinski definition) is 6. The van der Waals surface area contributed by atoms with Crippen LogP contribution in [0.15, 0.2) is 41.8 Å². The Balaban J connectivity index is 2.31. The fourth-order valence-corrected chi connectivity index (χ4v) is 4.62. The summed E-state index contributed by atoms with van der Waals surface area (Å²) >= 11 is 6.84. The number of hydrogen-bond donors (Lipinski definition) is 1. The number of methoxy groups -OCH3 is 1. The number of amides is 1. The van der Waals surface area contributed by atoms with Crippen molar-refractivity contribution in [3.8, 4) is 5.75 Å². The number of benzene rings is 1. The van der Waals surface area contributed by atoms with Gasteiger partial charge >= 0.3 is 0 Å². The molecule has 1 unspecified atom stereocenters. The summed E-state index contributed by atoms with van der Waals surface area (Å²) in [5, 5.41) is 6.07. The molecule has 0 spiro atoms. The first-order valence-electron chi connectivity index (χ1n) is 12.5. The predicted molar refractivity (Wildman–Crippen MR) is 156 cm³/mol. The fourth-order valence-electron chi connectivity index (χ4n) is 4.40. The average Bonchev–Trinajstić information content (AvgIpc) is 3.23. The molecule has 202 valence electrons. The molecule has 0 aliphatic rings. The predicted octanol–water partition coefficient (Wildman–Crippen LogP) is 6.07. The number of fused-ring (bicyclic) bond motifs is 1. The third-order valence-electron chi connectivity index (χ3n) is 6.72. The third-order valence-corrected chi connectivity index (χ3v) is 7.12. The van der Waals surface area contributed by atoms with Crippen LogP contribution < -0.4 is 10.5 Å². The number of aryl methyl sites for hydroxylation is 1. The van der Waals surface area contributed by atoms with E-state index < -0.39 is 0 Å². The maximum absolute atomic E-state index is 12.5. The normalized spacial score (nSPS) is 13.7.